The predicted molar refractivity (Wildman–Crippen MR) is 110 cm³/mol. The number of carbonyl (C=O) groups excluding carboxylic acids is 1. The molecule has 1 atom stereocenters. The molecule has 0 aliphatic carbocycles. The monoisotopic (exact) mass is 403 g/mol. The van der Waals surface area contributed by atoms with Gasteiger partial charge in [0.2, 0.25) is 5.91 Å². The standard InChI is InChI=1S/C23H27F2NO3/c1-5-16-6-10-18(11-7-16)22(15(2)3)26-21(27)13-9-17-8-12-19(29-23(24)25)20(14-17)28-4/h6-15,22-23H,5H2,1-4H3,(H,26,27)/b13-9+. The zero-order valence-corrected chi connectivity index (χ0v) is 17.1. The molecule has 0 aliphatic heterocycles. The van der Waals surface area contributed by atoms with Crippen LogP contribution in [-0.2, 0) is 11.2 Å². The molecule has 0 heterocycles. The highest BCUT2D eigenvalue weighted by Crippen LogP contribution is 2.30. The maximum absolute atomic E-state index is 12.4. The Hall–Kier alpha value is -2.89. The largest absolute Gasteiger partial charge is 0.493 e. The molecule has 4 nitrogen and oxygen atoms in total. The van der Waals surface area contributed by atoms with Crippen molar-refractivity contribution >= 4 is 12.0 Å². The number of nitrogens with one attached hydrogen (secondary N) is 1. The van der Waals surface area contributed by atoms with Crippen LogP contribution in [0, 0.1) is 5.92 Å². The minimum atomic E-state index is -2.93. The molecular weight excluding hydrogens is 376 g/mol. The number of benzene rings is 2. The van der Waals surface area contributed by atoms with Gasteiger partial charge in [-0.3, -0.25) is 4.79 Å². The van der Waals surface area contributed by atoms with Gasteiger partial charge in [-0.1, -0.05) is 51.1 Å². The predicted octanol–water partition coefficient (Wildman–Crippen LogP) is 5.39. The Balaban J connectivity index is 2.10. The van der Waals surface area contributed by atoms with E-state index in [9.17, 15) is 13.6 Å². The first kappa shape index (κ1) is 22.4. The SMILES string of the molecule is CCc1ccc(C(NC(=O)/C=C/c2ccc(OC(F)F)c(OC)c2)C(C)C)cc1. The Morgan fingerprint density at radius 3 is 2.34 bits per heavy atom. The van der Waals surface area contributed by atoms with Gasteiger partial charge < -0.3 is 14.8 Å². The molecule has 156 valence electrons. The van der Waals surface area contributed by atoms with Gasteiger partial charge in [0.1, 0.15) is 0 Å². The Bertz CT molecular complexity index is 833. The highest BCUT2D eigenvalue weighted by atomic mass is 19.3. The number of methoxy groups -OCH3 is 1. The molecule has 1 unspecified atom stereocenters. The van der Waals surface area contributed by atoms with Crippen LogP contribution in [-0.4, -0.2) is 19.6 Å². The van der Waals surface area contributed by atoms with Gasteiger partial charge in [0.25, 0.3) is 0 Å². The van der Waals surface area contributed by atoms with Crippen LogP contribution in [0.3, 0.4) is 0 Å². The van der Waals surface area contributed by atoms with E-state index in [1.165, 1.54) is 30.9 Å². The summed E-state index contributed by atoms with van der Waals surface area (Å²) in [6.07, 6.45) is 3.98. The highest BCUT2D eigenvalue weighted by Gasteiger charge is 2.17. The maximum Gasteiger partial charge on any atom is 0.387 e. The molecule has 0 bridgehead atoms. The van der Waals surface area contributed by atoms with Crippen LogP contribution in [0.15, 0.2) is 48.5 Å². The molecule has 0 saturated carbocycles. The summed E-state index contributed by atoms with van der Waals surface area (Å²) in [6, 6.07) is 12.6. The molecule has 0 radical (unpaired) electrons. The number of ether oxygens (including phenoxy) is 2. The molecule has 2 aromatic carbocycles. The van der Waals surface area contributed by atoms with Crippen LogP contribution < -0.4 is 14.8 Å². The van der Waals surface area contributed by atoms with Crippen molar-refractivity contribution < 1.29 is 23.0 Å². The summed E-state index contributed by atoms with van der Waals surface area (Å²) in [4.78, 5) is 12.4. The molecule has 6 heteroatoms. The summed E-state index contributed by atoms with van der Waals surface area (Å²) < 4.78 is 34.3. The Morgan fingerprint density at radius 1 is 1.10 bits per heavy atom. The average Bonchev–Trinajstić information content (AvgIpc) is 2.70. The number of alkyl halides is 2. The van der Waals surface area contributed by atoms with E-state index in [0.29, 0.717) is 5.56 Å². The quantitative estimate of drug-likeness (QED) is 0.572. The van der Waals surface area contributed by atoms with Gasteiger partial charge in [-0.2, -0.15) is 8.78 Å². The minimum absolute atomic E-state index is 0.0560. The third-order valence-electron chi connectivity index (χ3n) is 4.54. The molecular formula is C23H27F2NO3. The van der Waals surface area contributed by atoms with Crippen molar-refractivity contribution in [2.24, 2.45) is 5.92 Å². The van der Waals surface area contributed by atoms with Crippen LogP contribution in [0.2, 0.25) is 0 Å². The van der Waals surface area contributed by atoms with Crippen molar-refractivity contribution in [2.75, 3.05) is 7.11 Å². The fourth-order valence-electron chi connectivity index (χ4n) is 2.95. The summed E-state index contributed by atoms with van der Waals surface area (Å²) in [5.41, 5.74) is 2.93. The van der Waals surface area contributed by atoms with E-state index >= 15 is 0 Å². The van der Waals surface area contributed by atoms with Gasteiger partial charge in [0.15, 0.2) is 11.5 Å². The smallest absolute Gasteiger partial charge is 0.387 e. The lowest BCUT2D eigenvalue weighted by atomic mass is 9.95. The van der Waals surface area contributed by atoms with Crippen LogP contribution in [0.25, 0.3) is 6.08 Å². The fourth-order valence-corrected chi connectivity index (χ4v) is 2.95. The number of halogens is 2. The first-order valence-electron chi connectivity index (χ1n) is 9.54. The highest BCUT2D eigenvalue weighted by molar-refractivity contribution is 5.92. The van der Waals surface area contributed by atoms with Gasteiger partial charge in [0, 0.05) is 6.08 Å². The molecule has 0 saturated heterocycles. The molecule has 1 N–H and O–H groups in total. The number of aryl methyl sites for hydroxylation is 1. The Kier molecular flexibility index (Phi) is 8.19. The van der Waals surface area contributed by atoms with E-state index in [1.54, 1.807) is 12.1 Å². The van der Waals surface area contributed by atoms with E-state index in [0.717, 1.165) is 12.0 Å². The second-order valence-electron chi connectivity index (χ2n) is 6.95. The van der Waals surface area contributed by atoms with Gasteiger partial charge in [0.05, 0.1) is 13.2 Å². The summed E-state index contributed by atoms with van der Waals surface area (Å²) in [5, 5.41) is 3.03. The van der Waals surface area contributed by atoms with Crippen LogP contribution in [0.5, 0.6) is 11.5 Å². The Labute approximate surface area is 170 Å². The van der Waals surface area contributed by atoms with Gasteiger partial charge in [-0.05, 0) is 47.2 Å². The van der Waals surface area contributed by atoms with Crippen molar-refractivity contribution in [2.45, 2.75) is 39.8 Å². The van der Waals surface area contributed by atoms with E-state index in [-0.39, 0.29) is 29.4 Å². The normalized spacial score (nSPS) is 12.4. The van der Waals surface area contributed by atoms with E-state index in [2.05, 4.69) is 43.0 Å². The second kappa shape index (κ2) is 10.6. The maximum atomic E-state index is 12.4. The van der Waals surface area contributed by atoms with Crippen LogP contribution in [0.1, 0.15) is 43.5 Å². The van der Waals surface area contributed by atoms with Crippen LogP contribution in [0.4, 0.5) is 8.78 Å². The lowest BCUT2D eigenvalue weighted by Gasteiger charge is -2.22. The summed E-state index contributed by atoms with van der Waals surface area (Å²) in [5.74, 6) is 0.0873. The van der Waals surface area contributed by atoms with Crippen molar-refractivity contribution in [3.05, 3.63) is 65.2 Å². The van der Waals surface area contributed by atoms with Gasteiger partial charge in [-0.25, -0.2) is 0 Å². The lowest BCUT2D eigenvalue weighted by Crippen LogP contribution is -2.30. The zero-order chi connectivity index (χ0) is 21.4. The molecule has 2 rings (SSSR count). The molecule has 0 fully saturated rings. The molecule has 0 aromatic heterocycles. The summed E-state index contributed by atoms with van der Waals surface area (Å²) in [7, 11) is 1.37. The third kappa shape index (κ3) is 6.59. The topological polar surface area (TPSA) is 47.6 Å². The van der Waals surface area contributed by atoms with E-state index in [4.69, 9.17) is 4.74 Å². The number of rotatable bonds is 9. The molecule has 1 amide bonds. The number of amides is 1. The number of carbonyl (C=O) groups is 1. The molecule has 0 aliphatic rings. The summed E-state index contributed by atoms with van der Waals surface area (Å²) >= 11 is 0. The molecule has 29 heavy (non-hydrogen) atoms. The van der Waals surface area contributed by atoms with Crippen molar-refractivity contribution in [1.29, 1.82) is 0 Å². The fraction of sp³-hybridized carbons (Fsp3) is 0.348. The number of hydrogen-bond donors (Lipinski definition) is 1. The first-order valence-corrected chi connectivity index (χ1v) is 9.54. The first-order chi connectivity index (χ1) is 13.8. The van der Waals surface area contributed by atoms with Crippen molar-refractivity contribution in [3.8, 4) is 11.5 Å². The van der Waals surface area contributed by atoms with Gasteiger partial charge in [-0.15, -0.1) is 0 Å². The minimum Gasteiger partial charge on any atom is -0.493 e. The Morgan fingerprint density at radius 2 is 1.79 bits per heavy atom. The van der Waals surface area contributed by atoms with E-state index in [1.807, 2.05) is 12.1 Å². The van der Waals surface area contributed by atoms with E-state index < -0.39 is 6.61 Å². The third-order valence-corrected chi connectivity index (χ3v) is 4.54. The zero-order valence-electron chi connectivity index (χ0n) is 17.1. The second-order valence-corrected chi connectivity index (χ2v) is 6.95. The van der Waals surface area contributed by atoms with Crippen molar-refractivity contribution in [1.82, 2.24) is 5.32 Å². The molecule has 2 aromatic rings. The number of hydrogen-bond acceptors (Lipinski definition) is 3. The van der Waals surface area contributed by atoms with Crippen molar-refractivity contribution in [3.63, 3.8) is 0 Å². The average molecular weight is 403 g/mol. The lowest BCUT2D eigenvalue weighted by molar-refractivity contribution is -0.117. The molecule has 0 spiro atoms. The van der Waals surface area contributed by atoms with Gasteiger partial charge >= 0.3 is 6.61 Å². The van der Waals surface area contributed by atoms with Crippen LogP contribution >= 0.6 is 0 Å². The summed E-state index contributed by atoms with van der Waals surface area (Å²) in [6.45, 7) is 3.27.